The third-order valence-electron chi connectivity index (χ3n) is 2.84. The van der Waals surface area contributed by atoms with E-state index in [0.717, 1.165) is 24.2 Å². The highest BCUT2D eigenvalue weighted by atomic mass is 16.5. The first-order chi connectivity index (χ1) is 8.22. The molecule has 0 radical (unpaired) electrons. The lowest BCUT2D eigenvalue weighted by atomic mass is 10.1. The van der Waals surface area contributed by atoms with Crippen molar-refractivity contribution in [1.29, 1.82) is 0 Å². The van der Waals surface area contributed by atoms with Gasteiger partial charge in [-0.2, -0.15) is 5.10 Å². The lowest BCUT2D eigenvalue weighted by Crippen LogP contribution is -1.98. The van der Waals surface area contributed by atoms with E-state index in [1.165, 1.54) is 5.56 Å². The standard InChI is InChI=1S/C13H17N3O/c1-16-13(14)12(9-15-16)11-5-3-10(4-6-11)7-8-17-2/h3-6,9H,7-8,14H2,1-2H3. The van der Waals surface area contributed by atoms with E-state index in [1.54, 1.807) is 18.0 Å². The molecule has 0 aliphatic rings. The minimum absolute atomic E-state index is 0.689. The highest BCUT2D eigenvalue weighted by Gasteiger charge is 2.06. The molecule has 2 N–H and O–H groups in total. The number of aryl methyl sites for hydroxylation is 1. The van der Waals surface area contributed by atoms with Gasteiger partial charge in [-0.1, -0.05) is 24.3 Å². The molecule has 0 spiro atoms. The molecule has 0 saturated heterocycles. The second-order valence-corrected chi connectivity index (χ2v) is 4.01. The summed E-state index contributed by atoms with van der Waals surface area (Å²) < 4.78 is 6.72. The van der Waals surface area contributed by atoms with Crippen LogP contribution in [0.25, 0.3) is 11.1 Å². The second-order valence-electron chi connectivity index (χ2n) is 4.01. The van der Waals surface area contributed by atoms with Gasteiger partial charge in [-0.05, 0) is 17.5 Å². The van der Waals surface area contributed by atoms with Gasteiger partial charge in [0.15, 0.2) is 0 Å². The van der Waals surface area contributed by atoms with Crippen molar-refractivity contribution in [2.45, 2.75) is 6.42 Å². The van der Waals surface area contributed by atoms with E-state index in [0.29, 0.717) is 5.82 Å². The number of nitrogen functional groups attached to an aromatic ring is 1. The van der Waals surface area contributed by atoms with Crippen LogP contribution in [-0.2, 0) is 18.2 Å². The van der Waals surface area contributed by atoms with Gasteiger partial charge in [-0.3, -0.25) is 4.68 Å². The van der Waals surface area contributed by atoms with Crippen molar-refractivity contribution in [1.82, 2.24) is 9.78 Å². The highest BCUT2D eigenvalue weighted by molar-refractivity contribution is 5.73. The molecule has 2 aromatic rings. The van der Waals surface area contributed by atoms with Crippen molar-refractivity contribution in [3.8, 4) is 11.1 Å². The zero-order valence-corrected chi connectivity index (χ0v) is 10.2. The number of ether oxygens (including phenoxy) is 1. The third-order valence-corrected chi connectivity index (χ3v) is 2.84. The van der Waals surface area contributed by atoms with Crippen LogP contribution in [0, 0.1) is 0 Å². The summed E-state index contributed by atoms with van der Waals surface area (Å²) in [4.78, 5) is 0. The van der Waals surface area contributed by atoms with E-state index >= 15 is 0 Å². The minimum Gasteiger partial charge on any atom is -0.384 e. The van der Waals surface area contributed by atoms with Gasteiger partial charge in [0.1, 0.15) is 5.82 Å². The zero-order chi connectivity index (χ0) is 12.3. The van der Waals surface area contributed by atoms with Crippen LogP contribution < -0.4 is 5.73 Å². The summed E-state index contributed by atoms with van der Waals surface area (Å²) in [5.41, 5.74) is 9.27. The molecule has 1 aromatic heterocycles. The summed E-state index contributed by atoms with van der Waals surface area (Å²) in [6.45, 7) is 0.744. The van der Waals surface area contributed by atoms with Crippen molar-refractivity contribution in [2.75, 3.05) is 19.5 Å². The number of methoxy groups -OCH3 is 1. The van der Waals surface area contributed by atoms with Gasteiger partial charge in [-0.25, -0.2) is 0 Å². The predicted octanol–water partition coefficient (Wildman–Crippen LogP) is 1.86. The SMILES string of the molecule is COCCc1ccc(-c2cnn(C)c2N)cc1. The van der Waals surface area contributed by atoms with Crippen LogP contribution in [0.2, 0.25) is 0 Å². The zero-order valence-electron chi connectivity index (χ0n) is 10.2. The number of nitrogens with two attached hydrogens (primary N) is 1. The fraction of sp³-hybridized carbons (Fsp3) is 0.308. The van der Waals surface area contributed by atoms with Gasteiger partial charge in [-0.15, -0.1) is 0 Å². The summed E-state index contributed by atoms with van der Waals surface area (Å²) in [6, 6.07) is 8.33. The molecule has 0 aliphatic heterocycles. The Labute approximate surface area is 101 Å². The predicted molar refractivity (Wildman–Crippen MR) is 68.6 cm³/mol. The lowest BCUT2D eigenvalue weighted by molar-refractivity contribution is 0.202. The Balaban J connectivity index is 2.20. The number of benzene rings is 1. The molecular formula is C13H17N3O. The molecule has 0 unspecified atom stereocenters. The molecular weight excluding hydrogens is 214 g/mol. The summed E-state index contributed by atoms with van der Waals surface area (Å²) in [5, 5.41) is 4.14. The maximum absolute atomic E-state index is 5.93. The summed E-state index contributed by atoms with van der Waals surface area (Å²) >= 11 is 0. The van der Waals surface area contributed by atoms with E-state index < -0.39 is 0 Å². The van der Waals surface area contributed by atoms with Crippen LogP contribution >= 0.6 is 0 Å². The topological polar surface area (TPSA) is 53.1 Å². The molecule has 0 atom stereocenters. The first kappa shape index (κ1) is 11.7. The molecule has 0 fully saturated rings. The Bertz CT molecular complexity index is 488. The second kappa shape index (κ2) is 5.01. The summed E-state index contributed by atoms with van der Waals surface area (Å²) in [7, 11) is 3.55. The van der Waals surface area contributed by atoms with Crippen LogP contribution in [0.3, 0.4) is 0 Å². The van der Waals surface area contributed by atoms with Crippen molar-refractivity contribution in [3.05, 3.63) is 36.0 Å². The van der Waals surface area contributed by atoms with Gasteiger partial charge in [0.05, 0.1) is 12.8 Å². The van der Waals surface area contributed by atoms with Crippen LogP contribution in [-0.4, -0.2) is 23.5 Å². The Hall–Kier alpha value is -1.81. The Morgan fingerprint density at radius 2 is 2.00 bits per heavy atom. The lowest BCUT2D eigenvalue weighted by Gasteiger charge is -2.03. The number of hydrogen-bond donors (Lipinski definition) is 1. The van der Waals surface area contributed by atoms with E-state index in [4.69, 9.17) is 10.5 Å². The number of rotatable bonds is 4. The normalized spacial score (nSPS) is 10.7. The molecule has 17 heavy (non-hydrogen) atoms. The Kier molecular flexibility index (Phi) is 3.44. The summed E-state index contributed by atoms with van der Waals surface area (Å²) in [5.74, 6) is 0.689. The van der Waals surface area contributed by atoms with Crippen molar-refractivity contribution in [2.24, 2.45) is 7.05 Å². The maximum atomic E-state index is 5.93. The molecule has 2 rings (SSSR count). The van der Waals surface area contributed by atoms with E-state index in [-0.39, 0.29) is 0 Å². The average Bonchev–Trinajstić information content (AvgIpc) is 2.68. The minimum atomic E-state index is 0.689. The number of anilines is 1. The molecule has 4 heteroatoms. The van der Waals surface area contributed by atoms with E-state index in [9.17, 15) is 0 Å². The molecule has 0 saturated carbocycles. The quantitative estimate of drug-likeness (QED) is 0.873. The van der Waals surface area contributed by atoms with Crippen LogP contribution in [0.4, 0.5) is 5.82 Å². The highest BCUT2D eigenvalue weighted by Crippen LogP contribution is 2.25. The first-order valence-electron chi connectivity index (χ1n) is 5.58. The fourth-order valence-corrected chi connectivity index (χ4v) is 1.74. The van der Waals surface area contributed by atoms with Crippen LogP contribution in [0.15, 0.2) is 30.5 Å². The smallest absolute Gasteiger partial charge is 0.129 e. The molecule has 0 bridgehead atoms. The molecule has 1 aromatic carbocycles. The van der Waals surface area contributed by atoms with Gasteiger partial charge in [0.25, 0.3) is 0 Å². The van der Waals surface area contributed by atoms with Crippen molar-refractivity contribution < 1.29 is 4.74 Å². The van der Waals surface area contributed by atoms with Crippen molar-refractivity contribution >= 4 is 5.82 Å². The van der Waals surface area contributed by atoms with Crippen LogP contribution in [0.1, 0.15) is 5.56 Å². The van der Waals surface area contributed by atoms with Crippen molar-refractivity contribution in [3.63, 3.8) is 0 Å². The molecule has 0 aliphatic carbocycles. The van der Waals surface area contributed by atoms with Gasteiger partial charge < -0.3 is 10.5 Å². The monoisotopic (exact) mass is 231 g/mol. The van der Waals surface area contributed by atoms with E-state index in [1.807, 2.05) is 7.05 Å². The number of aromatic nitrogens is 2. The average molecular weight is 231 g/mol. The summed E-state index contributed by atoms with van der Waals surface area (Å²) in [6.07, 6.45) is 2.72. The molecule has 90 valence electrons. The number of hydrogen-bond acceptors (Lipinski definition) is 3. The van der Waals surface area contributed by atoms with Gasteiger partial charge in [0.2, 0.25) is 0 Å². The Morgan fingerprint density at radius 1 is 1.29 bits per heavy atom. The fourth-order valence-electron chi connectivity index (χ4n) is 1.74. The maximum Gasteiger partial charge on any atom is 0.129 e. The Morgan fingerprint density at radius 3 is 2.53 bits per heavy atom. The van der Waals surface area contributed by atoms with Crippen LogP contribution in [0.5, 0.6) is 0 Å². The van der Waals surface area contributed by atoms with E-state index in [2.05, 4.69) is 29.4 Å². The molecule has 0 amide bonds. The number of nitrogens with zero attached hydrogens (tertiary/aromatic N) is 2. The van der Waals surface area contributed by atoms with Gasteiger partial charge >= 0.3 is 0 Å². The van der Waals surface area contributed by atoms with Gasteiger partial charge in [0, 0.05) is 19.7 Å². The third kappa shape index (κ3) is 2.47. The largest absolute Gasteiger partial charge is 0.384 e. The molecule has 1 heterocycles. The molecule has 4 nitrogen and oxygen atoms in total. The first-order valence-corrected chi connectivity index (χ1v) is 5.58.